The van der Waals surface area contributed by atoms with E-state index in [1.165, 1.54) is 82.8 Å². The van der Waals surface area contributed by atoms with Crippen molar-refractivity contribution in [3.8, 4) is 0 Å². The molecule has 0 saturated heterocycles. The molecular weight excluding hydrogens is 379 g/mol. The number of aliphatic carboxylic acids is 1. The Labute approximate surface area is 166 Å². The first kappa shape index (κ1) is 28.7. The van der Waals surface area contributed by atoms with Crippen LogP contribution in [-0.2, 0) is 4.79 Å². The Morgan fingerprint density at radius 3 is 1.63 bits per heavy atom. The van der Waals surface area contributed by atoms with E-state index < -0.39 is 12.1 Å². The standard InChI is InChI=1S/C17H37NOS.C2HF3O2/c1-2-3-4-5-6-7-8-9-10-11-12-13-14-20-16-17(18)15-19;3-2(4,5)1(6)7/h17,19H,2-16,18H2,1H3;(H,6,7)/t17-;/m0./s1. The normalized spacial score (nSPS) is 12.4. The van der Waals surface area contributed by atoms with E-state index in [4.69, 9.17) is 20.7 Å². The quantitative estimate of drug-likeness (QED) is 0.294. The number of carboxylic acids is 1. The number of aliphatic hydroxyl groups is 1. The van der Waals surface area contributed by atoms with Crippen molar-refractivity contribution in [1.29, 1.82) is 0 Å². The van der Waals surface area contributed by atoms with Gasteiger partial charge in [-0.3, -0.25) is 0 Å². The van der Waals surface area contributed by atoms with Crippen LogP contribution in [0.15, 0.2) is 0 Å². The van der Waals surface area contributed by atoms with Gasteiger partial charge in [-0.05, 0) is 12.2 Å². The molecule has 4 nitrogen and oxygen atoms in total. The van der Waals surface area contributed by atoms with Gasteiger partial charge in [0, 0.05) is 11.8 Å². The molecule has 0 fully saturated rings. The molecule has 0 aliphatic rings. The minimum Gasteiger partial charge on any atom is -0.475 e. The average Bonchev–Trinajstić information content (AvgIpc) is 2.61. The highest BCUT2D eigenvalue weighted by Crippen LogP contribution is 2.14. The number of hydrogen-bond donors (Lipinski definition) is 3. The van der Waals surface area contributed by atoms with Crippen LogP contribution in [0.5, 0.6) is 0 Å². The number of carboxylic acid groups (broad SMARTS) is 1. The molecule has 0 spiro atoms. The van der Waals surface area contributed by atoms with Crippen molar-refractivity contribution in [2.24, 2.45) is 5.73 Å². The van der Waals surface area contributed by atoms with Crippen LogP contribution in [0.1, 0.15) is 84.0 Å². The molecule has 1 atom stereocenters. The maximum Gasteiger partial charge on any atom is 0.490 e. The van der Waals surface area contributed by atoms with Crippen molar-refractivity contribution in [3.05, 3.63) is 0 Å². The van der Waals surface area contributed by atoms with E-state index in [0.29, 0.717) is 0 Å². The molecule has 0 bridgehead atoms. The highest BCUT2D eigenvalue weighted by atomic mass is 32.2. The van der Waals surface area contributed by atoms with Crippen LogP contribution in [0.4, 0.5) is 13.2 Å². The first-order valence-corrected chi connectivity index (χ1v) is 11.1. The highest BCUT2D eigenvalue weighted by molar-refractivity contribution is 7.99. The van der Waals surface area contributed by atoms with Crippen molar-refractivity contribution in [2.45, 2.75) is 96.2 Å². The van der Waals surface area contributed by atoms with E-state index in [0.717, 1.165) is 5.75 Å². The molecule has 0 aromatic rings. The molecule has 0 saturated carbocycles. The van der Waals surface area contributed by atoms with Gasteiger partial charge in [-0.25, -0.2) is 4.79 Å². The van der Waals surface area contributed by atoms with Gasteiger partial charge in [0.2, 0.25) is 0 Å². The van der Waals surface area contributed by atoms with Gasteiger partial charge in [-0.1, -0.05) is 77.6 Å². The largest absolute Gasteiger partial charge is 0.490 e. The van der Waals surface area contributed by atoms with E-state index in [9.17, 15) is 13.2 Å². The summed E-state index contributed by atoms with van der Waals surface area (Å²) in [7, 11) is 0. The number of nitrogens with two attached hydrogens (primary N) is 1. The van der Waals surface area contributed by atoms with Crippen LogP contribution in [-0.4, -0.2) is 46.5 Å². The molecule has 0 aliphatic carbocycles. The van der Waals surface area contributed by atoms with Gasteiger partial charge < -0.3 is 15.9 Å². The van der Waals surface area contributed by atoms with Gasteiger partial charge >= 0.3 is 12.1 Å². The lowest BCUT2D eigenvalue weighted by molar-refractivity contribution is -0.192. The molecule has 8 heteroatoms. The second-order valence-corrected chi connectivity index (χ2v) is 7.86. The third-order valence-corrected chi connectivity index (χ3v) is 5.19. The zero-order valence-corrected chi connectivity index (χ0v) is 17.4. The second kappa shape index (κ2) is 20.3. The minimum atomic E-state index is -5.08. The van der Waals surface area contributed by atoms with Crippen LogP contribution < -0.4 is 5.73 Å². The molecule has 4 N–H and O–H groups in total. The van der Waals surface area contributed by atoms with E-state index in [-0.39, 0.29) is 12.6 Å². The van der Waals surface area contributed by atoms with Crippen molar-refractivity contribution < 1.29 is 28.2 Å². The Bertz CT molecular complexity index is 332. The van der Waals surface area contributed by atoms with Crippen LogP contribution in [0, 0.1) is 0 Å². The first-order chi connectivity index (χ1) is 12.8. The van der Waals surface area contributed by atoms with Gasteiger partial charge in [-0.15, -0.1) is 0 Å². The molecule has 164 valence electrons. The molecule has 0 aromatic heterocycles. The summed E-state index contributed by atoms with van der Waals surface area (Å²) < 4.78 is 31.7. The number of aliphatic hydroxyl groups excluding tert-OH is 1. The topological polar surface area (TPSA) is 83.5 Å². The SMILES string of the molecule is CCCCCCCCCCCCCCSC[C@@H](N)CO.O=C(O)C(F)(F)F. The summed E-state index contributed by atoms with van der Waals surface area (Å²) >= 11 is 1.88. The molecule has 0 heterocycles. The Morgan fingerprint density at radius 1 is 0.926 bits per heavy atom. The van der Waals surface area contributed by atoms with Crippen molar-refractivity contribution in [1.82, 2.24) is 0 Å². The molecule has 0 rings (SSSR count). The maximum absolute atomic E-state index is 10.6. The Morgan fingerprint density at radius 2 is 1.30 bits per heavy atom. The number of halogens is 3. The van der Waals surface area contributed by atoms with Crippen LogP contribution >= 0.6 is 11.8 Å². The number of unbranched alkanes of at least 4 members (excludes halogenated alkanes) is 11. The fourth-order valence-corrected chi connectivity index (χ4v) is 3.32. The summed E-state index contributed by atoms with van der Waals surface area (Å²) in [5.41, 5.74) is 5.65. The van der Waals surface area contributed by atoms with Gasteiger partial charge in [0.15, 0.2) is 0 Å². The second-order valence-electron chi connectivity index (χ2n) is 6.71. The zero-order chi connectivity index (χ0) is 21.0. The minimum absolute atomic E-state index is 0.0303. The van der Waals surface area contributed by atoms with Gasteiger partial charge in [0.1, 0.15) is 0 Å². The molecule has 27 heavy (non-hydrogen) atoms. The molecule has 0 amide bonds. The number of alkyl halides is 3. The number of hydrogen-bond acceptors (Lipinski definition) is 4. The van der Waals surface area contributed by atoms with Crippen molar-refractivity contribution in [2.75, 3.05) is 18.1 Å². The molecule has 0 unspecified atom stereocenters. The molecule has 0 aliphatic heterocycles. The smallest absolute Gasteiger partial charge is 0.475 e. The molecule has 0 aromatic carbocycles. The predicted octanol–water partition coefficient (Wildman–Crippen LogP) is 5.37. The fraction of sp³-hybridized carbons (Fsp3) is 0.947. The average molecular weight is 418 g/mol. The third kappa shape index (κ3) is 25.5. The van der Waals surface area contributed by atoms with E-state index in [1.54, 1.807) is 0 Å². The number of thioether (sulfide) groups is 1. The lowest BCUT2D eigenvalue weighted by Gasteiger charge is -2.07. The lowest BCUT2D eigenvalue weighted by atomic mass is 10.1. The van der Waals surface area contributed by atoms with E-state index >= 15 is 0 Å². The number of rotatable bonds is 16. The summed E-state index contributed by atoms with van der Waals surface area (Å²) in [6.07, 6.45) is 11.8. The summed E-state index contributed by atoms with van der Waals surface area (Å²) in [6.45, 7) is 2.39. The first-order valence-electron chi connectivity index (χ1n) is 10.00. The van der Waals surface area contributed by atoms with Gasteiger partial charge in [0.05, 0.1) is 6.61 Å². The van der Waals surface area contributed by atoms with Crippen molar-refractivity contribution in [3.63, 3.8) is 0 Å². The summed E-state index contributed by atoms with van der Waals surface area (Å²) in [5, 5.41) is 15.9. The summed E-state index contributed by atoms with van der Waals surface area (Å²) in [6, 6.07) is -0.0303. The zero-order valence-electron chi connectivity index (χ0n) is 16.6. The molecule has 0 radical (unpaired) electrons. The highest BCUT2D eigenvalue weighted by Gasteiger charge is 2.38. The third-order valence-electron chi connectivity index (χ3n) is 3.95. The fourth-order valence-electron chi connectivity index (χ4n) is 2.33. The Hall–Kier alpha value is -0.470. The summed E-state index contributed by atoms with van der Waals surface area (Å²) in [4.78, 5) is 8.90. The maximum atomic E-state index is 10.6. The van der Waals surface area contributed by atoms with Gasteiger partial charge in [0.25, 0.3) is 0 Å². The predicted molar refractivity (Wildman–Crippen MR) is 107 cm³/mol. The van der Waals surface area contributed by atoms with E-state index in [1.807, 2.05) is 11.8 Å². The number of carbonyl (C=O) groups is 1. The van der Waals surface area contributed by atoms with Crippen LogP contribution in [0.3, 0.4) is 0 Å². The van der Waals surface area contributed by atoms with Crippen LogP contribution in [0.2, 0.25) is 0 Å². The monoisotopic (exact) mass is 417 g/mol. The molecular formula is C19H38F3NO3S. The lowest BCUT2D eigenvalue weighted by Crippen LogP contribution is -2.27. The Kier molecular flexibility index (Phi) is 21.6. The summed E-state index contributed by atoms with van der Waals surface area (Å²) in [5.74, 6) is -0.660. The van der Waals surface area contributed by atoms with Crippen molar-refractivity contribution >= 4 is 17.7 Å². The van der Waals surface area contributed by atoms with E-state index in [2.05, 4.69) is 6.92 Å². The Balaban J connectivity index is 0. The van der Waals surface area contributed by atoms with Gasteiger partial charge in [-0.2, -0.15) is 24.9 Å². The van der Waals surface area contributed by atoms with Crippen LogP contribution in [0.25, 0.3) is 0 Å².